The third kappa shape index (κ3) is 2.88. The summed E-state index contributed by atoms with van der Waals surface area (Å²) in [5.41, 5.74) is 8.18. The molecule has 0 spiro atoms. The topological polar surface area (TPSA) is 98.5 Å². The van der Waals surface area contributed by atoms with Gasteiger partial charge in [-0.2, -0.15) is 0 Å². The molecule has 0 radical (unpaired) electrons. The molecule has 7 heteroatoms. The number of benzene rings is 1. The molecule has 2 amide bonds. The number of cyclic esters (lactones) is 1. The number of ether oxygens (including phenoxy) is 1. The molecule has 0 fully saturated rings. The van der Waals surface area contributed by atoms with Gasteiger partial charge in [0.15, 0.2) is 6.10 Å². The standard InChI is InChI=1S/C19H18N2O4S/c20-16(22)15-12-7-3-4-8-14(12)26-18(15)21-17(23)13-9-10-5-1-2-6-11(10)19(24)25-13/h1-2,5-6,13H,3-4,7-9H2,(H2,20,22)(H,21,23)/t13-/m0/s1. The second kappa shape index (κ2) is 6.57. The van der Waals surface area contributed by atoms with Gasteiger partial charge in [-0.15, -0.1) is 11.3 Å². The summed E-state index contributed by atoms with van der Waals surface area (Å²) in [5.74, 6) is -1.48. The van der Waals surface area contributed by atoms with Gasteiger partial charge in [0.25, 0.3) is 11.8 Å². The zero-order valence-electron chi connectivity index (χ0n) is 14.0. The molecule has 26 heavy (non-hydrogen) atoms. The number of anilines is 1. The number of amides is 2. The molecule has 1 aromatic heterocycles. The molecule has 2 heterocycles. The molecule has 2 aromatic rings. The molecule has 0 unspecified atom stereocenters. The van der Waals surface area contributed by atoms with Crippen molar-refractivity contribution in [3.8, 4) is 0 Å². The molecule has 1 atom stereocenters. The van der Waals surface area contributed by atoms with Crippen LogP contribution < -0.4 is 11.1 Å². The number of carbonyl (C=O) groups excluding carboxylic acids is 3. The molecule has 0 saturated carbocycles. The number of hydrogen-bond donors (Lipinski definition) is 2. The third-order valence-corrected chi connectivity index (χ3v) is 6.05. The van der Waals surface area contributed by atoms with Crippen molar-refractivity contribution in [1.82, 2.24) is 0 Å². The molecular formula is C19H18N2O4S. The highest BCUT2D eigenvalue weighted by molar-refractivity contribution is 7.17. The first-order valence-corrected chi connectivity index (χ1v) is 9.40. The lowest BCUT2D eigenvalue weighted by Gasteiger charge is -2.23. The van der Waals surface area contributed by atoms with E-state index in [9.17, 15) is 14.4 Å². The van der Waals surface area contributed by atoms with E-state index in [1.165, 1.54) is 11.3 Å². The Bertz CT molecular complexity index is 918. The minimum absolute atomic E-state index is 0.310. The zero-order valence-corrected chi connectivity index (χ0v) is 14.9. The third-order valence-electron chi connectivity index (χ3n) is 4.84. The van der Waals surface area contributed by atoms with Crippen LogP contribution in [-0.2, 0) is 28.8 Å². The highest BCUT2D eigenvalue weighted by Gasteiger charge is 2.33. The first-order chi connectivity index (χ1) is 12.5. The molecule has 0 saturated heterocycles. The SMILES string of the molecule is NC(=O)c1c(NC(=O)[C@@H]2Cc3ccccc3C(=O)O2)sc2c1CCCC2. The molecular weight excluding hydrogens is 352 g/mol. The van der Waals surface area contributed by atoms with E-state index >= 15 is 0 Å². The Balaban J connectivity index is 1.59. The zero-order chi connectivity index (χ0) is 18.3. The number of nitrogens with two attached hydrogens (primary N) is 1. The van der Waals surface area contributed by atoms with Gasteiger partial charge in [-0.1, -0.05) is 18.2 Å². The molecule has 6 nitrogen and oxygen atoms in total. The van der Waals surface area contributed by atoms with Crippen LogP contribution in [0.3, 0.4) is 0 Å². The van der Waals surface area contributed by atoms with Crippen LogP contribution >= 0.6 is 11.3 Å². The monoisotopic (exact) mass is 370 g/mol. The van der Waals surface area contributed by atoms with Gasteiger partial charge >= 0.3 is 5.97 Å². The van der Waals surface area contributed by atoms with Crippen molar-refractivity contribution >= 4 is 34.1 Å². The highest BCUT2D eigenvalue weighted by atomic mass is 32.1. The van der Waals surface area contributed by atoms with Gasteiger partial charge in [0, 0.05) is 11.3 Å². The maximum Gasteiger partial charge on any atom is 0.339 e. The van der Waals surface area contributed by atoms with Gasteiger partial charge in [0.05, 0.1) is 11.1 Å². The average molecular weight is 370 g/mol. The number of thiophene rings is 1. The molecule has 1 aliphatic heterocycles. The lowest BCUT2D eigenvalue weighted by Crippen LogP contribution is -2.38. The van der Waals surface area contributed by atoms with E-state index in [0.717, 1.165) is 41.7 Å². The minimum Gasteiger partial charge on any atom is -0.448 e. The minimum atomic E-state index is -0.919. The Kier molecular flexibility index (Phi) is 4.24. The average Bonchev–Trinajstić information content (AvgIpc) is 2.99. The van der Waals surface area contributed by atoms with Crippen LogP contribution in [0.4, 0.5) is 5.00 Å². The quantitative estimate of drug-likeness (QED) is 0.811. The van der Waals surface area contributed by atoms with E-state index in [1.54, 1.807) is 12.1 Å². The van der Waals surface area contributed by atoms with Crippen molar-refractivity contribution in [3.05, 3.63) is 51.4 Å². The van der Waals surface area contributed by atoms with E-state index in [-0.39, 0.29) is 0 Å². The maximum atomic E-state index is 12.7. The Morgan fingerprint density at radius 3 is 2.77 bits per heavy atom. The number of nitrogens with one attached hydrogen (secondary N) is 1. The fourth-order valence-corrected chi connectivity index (χ4v) is 4.88. The van der Waals surface area contributed by atoms with Crippen LogP contribution in [0.2, 0.25) is 0 Å². The molecule has 134 valence electrons. The summed E-state index contributed by atoms with van der Waals surface area (Å²) in [6, 6.07) is 7.08. The van der Waals surface area contributed by atoms with Gasteiger partial charge in [-0.3, -0.25) is 9.59 Å². The summed E-state index contributed by atoms with van der Waals surface area (Å²) in [5, 5.41) is 3.23. The Labute approximate surface area is 154 Å². The predicted molar refractivity (Wildman–Crippen MR) is 97.5 cm³/mol. The Morgan fingerprint density at radius 2 is 1.96 bits per heavy atom. The van der Waals surface area contributed by atoms with Gasteiger partial charge in [-0.05, 0) is 42.9 Å². The lowest BCUT2D eigenvalue weighted by atomic mass is 9.95. The number of fused-ring (bicyclic) bond motifs is 2. The second-order valence-corrected chi connectivity index (χ2v) is 7.63. The number of primary amides is 1. The first-order valence-electron chi connectivity index (χ1n) is 8.58. The Hall–Kier alpha value is -2.67. The van der Waals surface area contributed by atoms with Crippen LogP contribution in [-0.4, -0.2) is 23.9 Å². The molecule has 1 aromatic carbocycles. The van der Waals surface area contributed by atoms with E-state index in [0.29, 0.717) is 22.5 Å². The molecule has 2 aliphatic rings. The van der Waals surface area contributed by atoms with E-state index in [1.807, 2.05) is 12.1 Å². The van der Waals surface area contributed by atoms with Crippen molar-refractivity contribution in [3.63, 3.8) is 0 Å². The van der Waals surface area contributed by atoms with Crippen molar-refractivity contribution < 1.29 is 19.1 Å². The molecule has 0 bridgehead atoms. The van der Waals surface area contributed by atoms with Crippen molar-refractivity contribution in [1.29, 1.82) is 0 Å². The van der Waals surface area contributed by atoms with Crippen LogP contribution in [0.15, 0.2) is 24.3 Å². The molecule has 3 N–H and O–H groups in total. The number of aryl methyl sites for hydroxylation is 1. The Morgan fingerprint density at radius 1 is 1.19 bits per heavy atom. The first kappa shape index (κ1) is 16.8. The number of rotatable bonds is 3. The van der Waals surface area contributed by atoms with Gasteiger partial charge in [-0.25, -0.2) is 4.79 Å². The van der Waals surface area contributed by atoms with Gasteiger partial charge < -0.3 is 15.8 Å². The van der Waals surface area contributed by atoms with Crippen LogP contribution in [0.1, 0.15) is 49.6 Å². The largest absolute Gasteiger partial charge is 0.448 e. The van der Waals surface area contributed by atoms with Crippen molar-refractivity contribution in [2.24, 2.45) is 5.73 Å². The number of carbonyl (C=O) groups is 3. The van der Waals surface area contributed by atoms with E-state index in [4.69, 9.17) is 10.5 Å². The maximum absolute atomic E-state index is 12.7. The fraction of sp³-hybridized carbons (Fsp3) is 0.316. The van der Waals surface area contributed by atoms with Crippen LogP contribution in [0, 0.1) is 0 Å². The predicted octanol–water partition coefficient (Wildman–Crippen LogP) is 2.45. The van der Waals surface area contributed by atoms with Crippen LogP contribution in [0.5, 0.6) is 0 Å². The van der Waals surface area contributed by atoms with Crippen molar-refractivity contribution in [2.45, 2.75) is 38.2 Å². The molecule has 4 rings (SSSR count). The fourth-order valence-electron chi connectivity index (χ4n) is 3.58. The van der Waals surface area contributed by atoms with E-state index < -0.39 is 23.9 Å². The summed E-state index contributed by atoms with van der Waals surface area (Å²) in [7, 11) is 0. The normalized spacial score (nSPS) is 18.5. The summed E-state index contributed by atoms with van der Waals surface area (Å²) < 4.78 is 5.29. The highest BCUT2D eigenvalue weighted by Crippen LogP contribution is 2.38. The summed E-state index contributed by atoms with van der Waals surface area (Å²) in [6.07, 6.45) is 3.15. The smallest absolute Gasteiger partial charge is 0.339 e. The number of esters is 1. The summed E-state index contributed by atoms with van der Waals surface area (Å²) in [4.78, 5) is 37.8. The summed E-state index contributed by atoms with van der Waals surface area (Å²) >= 11 is 1.40. The van der Waals surface area contributed by atoms with Crippen LogP contribution in [0.25, 0.3) is 0 Å². The lowest BCUT2D eigenvalue weighted by molar-refractivity contribution is -0.125. The second-order valence-electron chi connectivity index (χ2n) is 6.52. The van der Waals surface area contributed by atoms with Gasteiger partial charge in [0.2, 0.25) is 0 Å². The van der Waals surface area contributed by atoms with Crippen molar-refractivity contribution in [2.75, 3.05) is 5.32 Å². The molecule has 1 aliphatic carbocycles. The number of hydrogen-bond acceptors (Lipinski definition) is 5. The van der Waals surface area contributed by atoms with Gasteiger partial charge in [0.1, 0.15) is 5.00 Å². The summed E-state index contributed by atoms with van der Waals surface area (Å²) in [6.45, 7) is 0. The van der Waals surface area contributed by atoms with E-state index in [2.05, 4.69) is 5.32 Å².